The Morgan fingerprint density at radius 3 is 2.65 bits per heavy atom. The molecule has 0 bridgehead atoms. The highest BCUT2D eigenvalue weighted by Crippen LogP contribution is 2.13. The summed E-state index contributed by atoms with van der Waals surface area (Å²) in [5.74, 6) is 1.52. The summed E-state index contributed by atoms with van der Waals surface area (Å²) in [6.45, 7) is 9.12. The average molecular weight is 352 g/mol. The van der Waals surface area contributed by atoms with Crippen LogP contribution in [0.2, 0.25) is 0 Å². The van der Waals surface area contributed by atoms with Gasteiger partial charge in [0, 0.05) is 38.8 Å². The van der Waals surface area contributed by atoms with Crippen molar-refractivity contribution < 1.29 is 0 Å². The van der Waals surface area contributed by atoms with E-state index in [2.05, 4.69) is 80.6 Å². The minimum Gasteiger partial charge on any atom is -0.366 e. The molecule has 1 saturated heterocycles. The van der Waals surface area contributed by atoms with Gasteiger partial charge in [-0.05, 0) is 18.9 Å². The number of hydrogen-bond donors (Lipinski definition) is 1. The molecule has 1 aliphatic rings. The van der Waals surface area contributed by atoms with Crippen LogP contribution in [0.1, 0.15) is 25.8 Å². The van der Waals surface area contributed by atoms with E-state index in [1.165, 1.54) is 5.56 Å². The van der Waals surface area contributed by atoms with Gasteiger partial charge in [-0.3, -0.25) is 4.90 Å². The molecular formula is C20H28N6. The van der Waals surface area contributed by atoms with E-state index in [1.54, 1.807) is 6.20 Å². The summed E-state index contributed by atoms with van der Waals surface area (Å²) in [6.07, 6.45) is 7.16. The molecule has 6 heteroatoms. The van der Waals surface area contributed by atoms with Crippen LogP contribution in [0.4, 0.5) is 11.8 Å². The number of aromatic nitrogens is 3. The predicted molar refractivity (Wildman–Crippen MR) is 107 cm³/mol. The lowest BCUT2D eigenvalue weighted by Gasteiger charge is -2.34. The van der Waals surface area contributed by atoms with E-state index in [1.807, 2.05) is 6.07 Å². The maximum Gasteiger partial charge on any atom is 0.247 e. The average Bonchev–Trinajstić information content (AvgIpc) is 2.69. The first-order chi connectivity index (χ1) is 12.7. The lowest BCUT2D eigenvalue weighted by atomic mass is 10.2. The Balaban J connectivity index is 1.49. The van der Waals surface area contributed by atoms with E-state index in [9.17, 15) is 0 Å². The van der Waals surface area contributed by atoms with Crippen LogP contribution in [-0.2, 0) is 0 Å². The van der Waals surface area contributed by atoms with Crippen molar-refractivity contribution in [3.8, 4) is 0 Å². The first-order valence-corrected chi connectivity index (χ1v) is 9.39. The lowest BCUT2D eigenvalue weighted by Crippen LogP contribution is -2.47. The molecule has 0 saturated carbocycles. The van der Waals surface area contributed by atoms with Crippen molar-refractivity contribution in [3.05, 3.63) is 48.2 Å². The molecule has 1 atom stereocenters. The number of nitrogens with one attached hydrogen (secondary N) is 1. The number of piperazine rings is 1. The van der Waals surface area contributed by atoms with Crippen LogP contribution in [0.25, 0.3) is 6.08 Å². The Hall–Kier alpha value is -2.47. The molecule has 1 aromatic carbocycles. The highest BCUT2D eigenvalue weighted by atomic mass is 15.4. The molecule has 1 fully saturated rings. The van der Waals surface area contributed by atoms with Crippen LogP contribution in [0.5, 0.6) is 0 Å². The molecule has 1 aliphatic heterocycles. The van der Waals surface area contributed by atoms with Gasteiger partial charge >= 0.3 is 0 Å². The van der Waals surface area contributed by atoms with Gasteiger partial charge in [0.25, 0.3) is 0 Å². The first-order valence-electron chi connectivity index (χ1n) is 9.39. The second-order valence-electron chi connectivity index (χ2n) is 6.70. The second-order valence-corrected chi connectivity index (χ2v) is 6.70. The normalized spacial score (nSPS) is 16.8. The van der Waals surface area contributed by atoms with Crippen molar-refractivity contribution in [3.63, 3.8) is 0 Å². The SMILES string of the molecule is CCC(C)Nc1cnnc(N2CCN(C/C=C/c3ccccc3)CC2)n1. The molecule has 0 spiro atoms. The summed E-state index contributed by atoms with van der Waals surface area (Å²) in [4.78, 5) is 9.28. The van der Waals surface area contributed by atoms with Crippen molar-refractivity contribution >= 4 is 17.8 Å². The fourth-order valence-corrected chi connectivity index (χ4v) is 2.88. The van der Waals surface area contributed by atoms with Gasteiger partial charge in [0.15, 0.2) is 5.82 Å². The van der Waals surface area contributed by atoms with E-state index in [4.69, 9.17) is 0 Å². The quantitative estimate of drug-likeness (QED) is 0.827. The zero-order chi connectivity index (χ0) is 18.2. The van der Waals surface area contributed by atoms with Crippen LogP contribution in [-0.4, -0.2) is 58.8 Å². The maximum atomic E-state index is 4.62. The smallest absolute Gasteiger partial charge is 0.247 e. The molecule has 26 heavy (non-hydrogen) atoms. The van der Waals surface area contributed by atoms with Gasteiger partial charge in [0.1, 0.15) is 0 Å². The molecule has 2 heterocycles. The maximum absolute atomic E-state index is 4.62. The Morgan fingerprint density at radius 1 is 1.15 bits per heavy atom. The molecule has 0 aliphatic carbocycles. The van der Waals surface area contributed by atoms with E-state index < -0.39 is 0 Å². The Kier molecular flexibility index (Phi) is 6.55. The van der Waals surface area contributed by atoms with Gasteiger partial charge in [-0.25, -0.2) is 0 Å². The molecule has 1 aromatic heterocycles. The van der Waals surface area contributed by atoms with Gasteiger partial charge < -0.3 is 10.2 Å². The van der Waals surface area contributed by atoms with Crippen LogP contribution < -0.4 is 10.2 Å². The van der Waals surface area contributed by atoms with E-state index >= 15 is 0 Å². The van der Waals surface area contributed by atoms with Crippen LogP contribution in [0.15, 0.2) is 42.6 Å². The number of nitrogens with zero attached hydrogens (tertiary/aromatic N) is 5. The molecule has 0 radical (unpaired) electrons. The molecule has 2 aromatic rings. The van der Waals surface area contributed by atoms with E-state index in [-0.39, 0.29) is 0 Å². The summed E-state index contributed by atoms with van der Waals surface area (Å²) >= 11 is 0. The largest absolute Gasteiger partial charge is 0.366 e. The summed E-state index contributed by atoms with van der Waals surface area (Å²) < 4.78 is 0. The number of hydrogen-bond acceptors (Lipinski definition) is 6. The minimum absolute atomic E-state index is 0.382. The summed E-state index contributed by atoms with van der Waals surface area (Å²) in [5, 5.41) is 11.7. The third kappa shape index (κ3) is 5.26. The topological polar surface area (TPSA) is 57.2 Å². The fourth-order valence-electron chi connectivity index (χ4n) is 2.88. The van der Waals surface area contributed by atoms with Gasteiger partial charge in [0.2, 0.25) is 5.95 Å². The van der Waals surface area contributed by atoms with Gasteiger partial charge in [-0.1, -0.05) is 49.4 Å². The van der Waals surface area contributed by atoms with Gasteiger partial charge in [-0.2, -0.15) is 10.1 Å². The predicted octanol–water partition coefficient (Wildman–Crippen LogP) is 2.92. The third-order valence-corrected chi connectivity index (χ3v) is 4.68. The molecule has 0 amide bonds. The Morgan fingerprint density at radius 2 is 1.92 bits per heavy atom. The van der Waals surface area contributed by atoms with Gasteiger partial charge in [-0.15, -0.1) is 5.10 Å². The second kappa shape index (κ2) is 9.29. The van der Waals surface area contributed by atoms with Crippen molar-refractivity contribution in [2.24, 2.45) is 0 Å². The van der Waals surface area contributed by atoms with Crippen molar-refractivity contribution in [2.75, 3.05) is 42.9 Å². The number of rotatable bonds is 7. The fraction of sp³-hybridized carbons (Fsp3) is 0.450. The van der Waals surface area contributed by atoms with Crippen molar-refractivity contribution in [1.82, 2.24) is 20.1 Å². The van der Waals surface area contributed by atoms with Gasteiger partial charge in [0.05, 0.1) is 6.20 Å². The molecule has 6 nitrogen and oxygen atoms in total. The van der Waals surface area contributed by atoms with Crippen LogP contribution in [0.3, 0.4) is 0 Å². The van der Waals surface area contributed by atoms with Crippen LogP contribution >= 0.6 is 0 Å². The molecule has 1 unspecified atom stereocenters. The van der Waals surface area contributed by atoms with E-state index in [0.717, 1.165) is 50.9 Å². The van der Waals surface area contributed by atoms with Crippen LogP contribution in [0, 0.1) is 0 Å². The molecular weight excluding hydrogens is 324 g/mol. The summed E-state index contributed by atoms with van der Waals surface area (Å²) in [7, 11) is 0. The summed E-state index contributed by atoms with van der Waals surface area (Å²) in [5.41, 5.74) is 1.25. The first kappa shape index (κ1) is 18.3. The molecule has 138 valence electrons. The highest BCUT2D eigenvalue weighted by Gasteiger charge is 2.19. The zero-order valence-corrected chi connectivity index (χ0v) is 15.7. The summed E-state index contributed by atoms with van der Waals surface area (Å²) in [6, 6.07) is 10.8. The van der Waals surface area contributed by atoms with E-state index in [0.29, 0.717) is 6.04 Å². The highest BCUT2D eigenvalue weighted by molar-refractivity contribution is 5.48. The monoisotopic (exact) mass is 352 g/mol. The number of anilines is 2. The number of benzene rings is 1. The minimum atomic E-state index is 0.382. The van der Waals surface area contributed by atoms with Crippen molar-refractivity contribution in [2.45, 2.75) is 26.3 Å². The zero-order valence-electron chi connectivity index (χ0n) is 15.7. The lowest BCUT2D eigenvalue weighted by molar-refractivity contribution is 0.282. The molecule has 3 rings (SSSR count). The van der Waals surface area contributed by atoms with Crippen molar-refractivity contribution in [1.29, 1.82) is 0 Å². The third-order valence-electron chi connectivity index (χ3n) is 4.68. The Labute approximate surface area is 156 Å². The molecule has 1 N–H and O–H groups in total. The Bertz CT molecular complexity index is 694. The standard InChI is InChI=1S/C20H28N6/c1-3-17(2)22-19-16-21-24-20(23-19)26-14-12-25(13-15-26)11-7-10-18-8-5-4-6-9-18/h4-10,16-17H,3,11-15H2,1-2H3,(H,22,23,24)/b10-7+.